The minimum Gasteiger partial charge on any atom is -0.313 e. The Morgan fingerprint density at radius 2 is 2.07 bits per heavy atom. The van der Waals surface area contributed by atoms with Crippen LogP contribution in [0.15, 0.2) is 41.1 Å². The lowest BCUT2D eigenvalue weighted by atomic mass is 10.2. The van der Waals surface area contributed by atoms with Gasteiger partial charge in [0.25, 0.3) is 0 Å². The molecule has 7 nitrogen and oxygen atoms in total. The van der Waals surface area contributed by atoms with Crippen molar-refractivity contribution in [1.29, 1.82) is 0 Å². The highest BCUT2D eigenvalue weighted by Crippen LogP contribution is 2.23. The van der Waals surface area contributed by atoms with Crippen LogP contribution in [0.25, 0.3) is 0 Å². The van der Waals surface area contributed by atoms with Crippen LogP contribution in [-0.4, -0.2) is 29.8 Å². The molecule has 0 spiro atoms. The van der Waals surface area contributed by atoms with E-state index in [1.54, 1.807) is 29.1 Å². The third-order valence-electron chi connectivity index (χ3n) is 4.17. The van der Waals surface area contributed by atoms with Gasteiger partial charge in [-0.1, -0.05) is 29.0 Å². The molecular weight excluding hydrogens is 481 g/mol. The van der Waals surface area contributed by atoms with Crippen molar-refractivity contribution in [2.24, 2.45) is 0 Å². The van der Waals surface area contributed by atoms with Crippen molar-refractivity contribution < 1.29 is 4.39 Å². The summed E-state index contributed by atoms with van der Waals surface area (Å²) in [6.07, 6.45) is 4.43. The van der Waals surface area contributed by atoms with E-state index in [-0.39, 0.29) is 12.4 Å². The van der Waals surface area contributed by atoms with Gasteiger partial charge < -0.3 is 5.32 Å². The van der Waals surface area contributed by atoms with Gasteiger partial charge in [-0.05, 0) is 35.0 Å². The van der Waals surface area contributed by atoms with Gasteiger partial charge in [0.15, 0.2) is 5.82 Å². The second-order valence-corrected chi connectivity index (χ2v) is 8.62. The van der Waals surface area contributed by atoms with Crippen molar-refractivity contribution >= 4 is 49.8 Å². The van der Waals surface area contributed by atoms with Gasteiger partial charge in [-0.3, -0.25) is 9.36 Å². The quantitative estimate of drug-likeness (QED) is 0.397. The molecule has 150 valence electrons. The Morgan fingerprint density at radius 3 is 2.83 bits per heavy atom. The Morgan fingerprint density at radius 1 is 1.21 bits per heavy atom. The lowest BCUT2D eigenvalue weighted by Crippen LogP contribution is -2.04. The molecule has 0 radical (unpaired) electrons. The fourth-order valence-electron chi connectivity index (χ4n) is 2.69. The molecule has 11 heteroatoms. The number of benzene rings is 1. The first-order valence-electron chi connectivity index (χ1n) is 8.73. The van der Waals surface area contributed by atoms with E-state index in [1.807, 2.05) is 17.8 Å². The highest BCUT2D eigenvalue weighted by atomic mass is 79.9. The lowest BCUT2D eigenvalue weighted by Gasteiger charge is -2.05. The zero-order chi connectivity index (χ0) is 20.4. The topological polar surface area (TPSA) is 73.5 Å². The summed E-state index contributed by atoms with van der Waals surface area (Å²) >= 11 is 11.0. The van der Waals surface area contributed by atoms with Crippen LogP contribution in [0.3, 0.4) is 0 Å². The summed E-state index contributed by atoms with van der Waals surface area (Å²) < 4.78 is 18.4. The van der Waals surface area contributed by atoms with Crippen molar-refractivity contribution in [3.63, 3.8) is 0 Å². The first kappa shape index (κ1) is 20.0. The first-order valence-corrected chi connectivity index (χ1v) is 10.7. The van der Waals surface area contributed by atoms with Gasteiger partial charge in [-0.25, -0.2) is 4.39 Å². The Labute approximate surface area is 183 Å². The normalized spacial score (nSPS) is 11.2. The fourth-order valence-corrected chi connectivity index (χ4v) is 3.97. The number of nitrogens with one attached hydrogen (secondary N) is 1. The van der Waals surface area contributed by atoms with Crippen molar-refractivity contribution in [3.05, 3.63) is 68.2 Å². The summed E-state index contributed by atoms with van der Waals surface area (Å²) in [6.45, 7) is 2.92. The number of hydrogen-bond donors (Lipinski definition) is 1. The Kier molecular flexibility index (Phi) is 5.93. The number of halogens is 3. The maximum Gasteiger partial charge on any atom is 0.211 e. The molecule has 0 fully saturated rings. The number of nitrogens with zero attached hydrogens (tertiary/aromatic N) is 6. The molecule has 29 heavy (non-hydrogen) atoms. The predicted octanol–water partition coefficient (Wildman–Crippen LogP) is 4.83. The summed E-state index contributed by atoms with van der Waals surface area (Å²) in [6, 6.07) is 6.42. The van der Waals surface area contributed by atoms with Crippen molar-refractivity contribution in [2.45, 2.75) is 26.4 Å². The van der Waals surface area contributed by atoms with Crippen LogP contribution in [0.5, 0.6) is 0 Å². The molecule has 3 aromatic heterocycles. The number of hydrogen-bond acceptors (Lipinski definition) is 6. The Hall–Kier alpha value is -2.30. The Balaban J connectivity index is 1.37. The van der Waals surface area contributed by atoms with Crippen molar-refractivity contribution in [1.82, 2.24) is 29.8 Å². The molecule has 0 atom stereocenters. The number of aromatic nitrogens is 6. The van der Waals surface area contributed by atoms with E-state index < -0.39 is 0 Å². The maximum atomic E-state index is 13.9. The summed E-state index contributed by atoms with van der Waals surface area (Å²) in [5.41, 5.74) is 1.36. The van der Waals surface area contributed by atoms with E-state index in [0.29, 0.717) is 21.5 Å². The van der Waals surface area contributed by atoms with Crippen LogP contribution in [0.2, 0.25) is 5.02 Å². The molecule has 1 aromatic carbocycles. The van der Waals surface area contributed by atoms with Crippen LogP contribution in [-0.2, 0) is 19.5 Å². The highest BCUT2D eigenvalue weighted by molar-refractivity contribution is 9.10. The zero-order valence-corrected chi connectivity index (χ0v) is 18.5. The molecule has 0 saturated carbocycles. The van der Waals surface area contributed by atoms with Crippen LogP contribution in [0.4, 0.5) is 15.3 Å². The molecule has 0 aliphatic carbocycles. The molecule has 3 heterocycles. The second kappa shape index (κ2) is 8.60. The van der Waals surface area contributed by atoms with Gasteiger partial charge in [0, 0.05) is 42.0 Å². The van der Waals surface area contributed by atoms with Crippen LogP contribution in [0, 0.1) is 12.7 Å². The van der Waals surface area contributed by atoms with Gasteiger partial charge in [0.1, 0.15) is 10.8 Å². The van der Waals surface area contributed by atoms with Gasteiger partial charge in [0.2, 0.25) is 5.13 Å². The molecule has 0 amide bonds. The Bertz CT molecular complexity index is 1100. The second-order valence-electron chi connectivity index (χ2n) is 6.30. The van der Waals surface area contributed by atoms with E-state index in [2.05, 4.69) is 41.6 Å². The van der Waals surface area contributed by atoms with Gasteiger partial charge in [-0.15, -0.1) is 10.2 Å². The van der Waals surface area contributed by atoms with E-state index >= 15 is 0 Å². The largest absolute Gasteiger partial charge is 0.313 e. The molecule has 0 saturated heterocycles. The molecule has 0 aliphatic rings. The van der Waals surface area contributed by atoms with Gasteiger partial charge in [0.05, 0.1) is 16.7 Å². The third kappa shape index (κ3) is 4.82. The first-order chi connectivity index (χ1) is 14.0. The number of anilines is 2. The maximum absolute atomic E-state index is 13.9. The van der Waals surface area contributed by atoms with E-state index in [0.717, 1.165) is 28.1 Å². The molecule has 0 aliphatic heterocycles. The van der Waals surface area contributed by atoms with E-state index in [4.69, 9.17) is 11.6 Å². The number of aryl methyl sites for hydroxylation is 3. The average molecular weight is 497 g/mol. The number of rotatable bonds is 7. The minimum atomic E-state index is -0.351. The summed E-state index contributed by atoms with van der Waals surface area (Å²) in [4.78, 5) is 0. The predicted molar refractivity (Wildman–Crippen MR) is 114 cm³/mol. The summed E-state index contributed by atoms with van der Waals surface area (Å²) in [5.74, 6) is 0.252. The molecule has 1 N–H and O–H groups in total. The third-order valence-corrected chi connectivity index (χ3v) is 6.20. The molecular formula is C18H16BrClFN7S. The fraction of sp³-hybridized carbons (Fsp3) is 0.222. The van der Waals surface area contributed by atoms with Gasteiger partial charge in [-0.2, -0.15) is 10.2 Å². The molecule has 4 aromatic rings. The van der Waals surface area contributed by atoms with Crippen molar-refractivity contribution in [2.75, 3.05) is 5.32 Å². The average Bonchev–Trinajstić information content (AvgIpc) is 3.39. The smallest absolute Gasteiger partial charge is 0.211 e. The van der Waals surface area contributed by atoms with E-state index in [1.165, 1.54) is 17.4 Å². The lowest BCUT2D eigenvalue weighted by molar-refractivity contribution is 0.586. The SMILES string of the molecule is Cc1nn(CCc2nnc(Nc3ccn(Cc4c(F)cccc4Cl)n3)s2)cc1Br. The van der Waals surface area contributed by atoms with E-state index in [9.17, 15) is 4.39 Å². The molecule has 0 bridgehead atoms. The van der Waals surface area contributed by atoms with Crippen molar-refractivity contribution in [3.8, 4) is 0 Å². The minimum absolute atomic E-state index is 0.243. The summed E-state index contributed by atoms with van der Waals surface area (Å²) in [7, 11) is 0. The molecule has 4 rings (SSSR count). The monoisotopic (exact) mass is 495 g/mol. The van der Waals surface area contributed by atoms with Crippen LogP contribution in [0.1, 0.15) is 16.3 Å². The van der Waals surface area contributed by atoms with Crippen LogP contribution >= 0.6 is 38.9 Å². The van der Waals surface area contributed by atoms with Crippen LogP contribution < -0.4 is 5.32 Å². The molecule has 0 unspecified atom stereocenters. The zero-order valence-electron chi connectivity index (χ0n) is 15.3. The summed E-state index contributed by atoms with van der Waals surface area (Å²) in [5, 5.41) is 22.2. The van der Waals surface area contributed by atoms with Gasteiger partial charge >= 0.3 is 0 Å². The highest BCUT2D eigenvalue weighted by Gasteiger charge is 2.11. The standard InChI is InChI=1S/C18H16BrClFN7S/c1-11-13(19)10-28(25-11)8-6-17-23-24-18(29-17)22-16-5-7-27(26-16)9-12-14(20)3-2-4-15(12)21/h2-5,7,10H,6,8-9H2,1H3,(H,22,24,26).